The van der Waals surface area contributed by atoms with E-state index in [4.69, 9.17) is 38.5 Å². The van der Waals surface area contributed by atoms with E-state index in [9.17, 15) is 9.59 Å². The van der Waals surface area contributed by atoms with Crippen LogP contribution >= 0.6 is 0 Å². The van der Waals surface area contributed by atoms with Gasteiger partial charge in [-0.3, -0.25) is 9.59 Å². The molecule has 4 bridgehead atoms. The van der Waals surface area contributed by atoms with Crippen LogP contribution in [0.2, 0.25) is 0 Å². The minimum absolute atomic E-state index is 0.0461. The number of rotatable bonds is 6. The topological polar surface area (TPSA) is 108 Å². The number of ketones is 2. The molecule has 10 fully saturated rings. The molecular formula is C40H54O10. The second-order valence-corrected chi connectivity index (χ2v) is 17.7. The lowest BCUT2D eigenvalue weighted by Gasteiger charge is -2.60. The first kappa shape index (κ1) is 34.0. The van der Waals surface area contributed by atoms with Gasteiger partial charge in [-0.1, -0.05) is 45.9 Å². The minimum Gasteiger partial charge on any atom is -0.345 e. The fourth-order valence-electron chi connectivity index (χ4n) is 11.9. The van der Waals surface area contributed by atoms with Gasteiger partial charge in [0.15, 0.2) is 35.3 Å². The second kappa shape index (κ2) is 11.9. The zero-order valence-corrected chi connectivity index (χ0v) is 30.4. The van der Waals surface area contributed by atoms with E-state index < -0.39 is 35.4 Å². The third-order valence-corrected chi connectivity index (χ3v) is 14.9. The van der Waals surface area contributed by atoms with Crippen LogP contribution in [-0.2, 0) is 38.5 Å². The van der Waals surface area contributed by atoms with E-state index >= 15 is 0 Å². The number of carbonyl (C=O) groups excluding carboxylic acids is 2. The highest BCUT2D eigenvalue weighted by Gasteiger charge is 2.71. The van der Waals surface area contributed by atoms with E-state index in [-0.39, 0.29) is 72.1 Å². The summed E-state index contributed by atoms with van der Waals surface area (Å²) >= 11 is 0. The largest absolute Gasteiger partial charge is 0.345 e. The van der Waals surface area contributed by atoms with Gasteiger partial charge in [0.25, 0.3) is 0 Å². The van der Waals surface area contributed by atoms with Crippen LogP contribution < -0.4 is 0 Å². The van der Waals surface area contributed by atoms with Crippen LogP contribution in [0.15, 0.2) is 24.3 Å². The van der Waals surface area contributed by atoms with Crippen LogP contribution in [0, 0.1) is 47.3 Å². The highest BCUT2D eigenvalue weighted by molar-refractivity contribution is 6.01. The average Bonchev–Trinajstić information content (AvgIpc) is 3.47. The molecule has 274 valence electrons. The molecule has 8 saturated heterocycles. The van der Waals surface area contributed by atoms with E-state index in [2.05, 4.69) is 27.7 Å². The third-order valence-electron chi connectivity index (χ3n) is 14.9. The van der Waals surface area contributed by atoms with Crippen LogP contribution in [0.25, 0.3) is 0 Å². The maximum atomic E-state index is 13.9. The van der Waals surface area contributed by atoms with Crippen molar-refractivity contribution < 1.29 is 48.1 Å². The fraction of sp³-hybridized carbons (Fsp3) is 0.800. The molecule has 10 nitrogen and oxygen atoms in total. The highest BCUT2D eigenvalue weighted by Crippen LogP contribution is 2.62. The SMILES string of the molecule is C[C@@H]1CC[C@H]2[C@@H](C)C(CC(=O)c3cccc(C(=O)CC4O[C@@H]5O[C@@]6(C)CC[C@H]7[C@H](C)CC[C@@H]([C@H]4C)[C@@]57OO6)c3)O[C@@H]3O[C@@]4(C)CC[C@@H]1[C@]32OO4. The van der Waals surface area contributed by atoms with Gasteiger partial charge in [-0.2, -0.15) is 0 Å². The van der Waals surface area contributed by atoms with E-state index in [0.29, 0.717) is 23.0 Å². The molecule has 10 heteroatoms. The third kappa shape index (κ3) is 4.95. The monoisotopic (exact) mass is 694 g/mol. The van der Waals surface area contributed by atoms with Gasteiger partial charge in [-0.05, 0) is 93.9 Å². The number of Topliss-reactive ketones (excluding diaryl/α,β-unsaturated/α-hetero) is 2. The normalized spacial score (nSPS) is 52.0. The van der Waals surface area contributed by atoms with Gasteiger partial charge >= 0.3 is 0 Å². The molecule has 11 rings (SSSR count). The average molecular weight is 695 g/mol. The molecule has 0 radical (unpaired) electrons. The number of hydrogen-bond acceptors (Lipinski definition) is 10. The molecule has 2 spiro atoms. The molecule has 2 aliphatic carbocycles. The Balaban J connectivity index is 0.909. The summed E-state index contributed by atoms with van der Waals surface area (Å²) in [4.78, 5) is 52.3. The lowest BCUT2D eigenvalue weighted by atomic mass is 9.57. The maximum absolute atomic E-state index is 13.9. The molecule has 1 aromatic rings. The van der Waals surface area contributed by atoms with Crippen LogP contribution in [0.1, 0.15) is 126 Å². The first-order valence-electron chi connectivity index (χ1n) is 19.4. The summed E-state index contributed by atoms with van der Waals surface area (Å²) in [5, 5.41) is 0. The Labute approximate surface area is 295 Å². The molecular weight excluding hydrogens is 640 g/mol. The summed E-state index contributed by atoms with van der Waals surface area (Å²) in [5.74, 6) is 0.125. The predicted octanol–water partition coefficient (Wildman–Crippen LogP) is 7.33. The summed E-state index contributed by atoms with van der Waals surface area (Å²) in [6.07, 6.45) is 6.15. The van der Waals surface area contributed by atoms with Gasteiger partial charge in [0, 0.05) is 48.6 Å². The molecule has 10 aliphatic rings. The van der Waals surface area contributed by atoms with Crippen molar-refractivity contribution in [3.8, 4) is 0 Å². The summed E-state index contributed by atoms with van der Waals surface area (Å²) in [6, 6.07) is 7.15. The molecule has 16 atom stereocenters. The lowest BCUT2D eigenvalue weighted by Crippen LogP contribution is -2.70. The standard InChI is InChI=1S/C40H54O10/c1-21-10-12-29-23(3)33(43-35-39(29)27(21)14-16-37(5,45-35)47-49-39)19-31(41)25-8-7-9-26(18-25)32(42)20-34-24(4)30-13-11-22(2)28-15-17-38(6)46-36(44-34)40(28,30)50-48-38/h7-9,18,21-24,27-30,33-36H,10-17,19-20H2,1-6H3/t21-,22-,23-,24-,27+,28+,29+,30+,33?,34?,35-,36-,37-,38-,39-,40-/m1/s1. The van der Waals surface area contributed by atoms with Gasteiger partial charge in [0.05, 0.1) is 12.2 Å². The van der Waals surface area contributed by atoms with Crippen LogP contribution in [0.3, 0.4) is 0 Å². The molecule has 1 aromatic carbocycles. The van der Waals surface area contributed by atoms with E-state index in [0.717, 1.165) is 51.4 Å². The molecule has 50 heavy (non-hydrogen) atoms. The second-order valence-electron chi connectivity index (χ2n) is 17.7. The van der Waals surface area contributed by atoms with Crippen molar-refractivity contribution in [2.75, 3.05) is 0 Å². The quantitative estimate of drug-likeness (QED) is 0.222. The maximum Gasteiger partial charge on any atom is 0.201 e. The first-order chi connectivity index (χ1) is 23.9. The summed E-state index contributed by atoms with van der Waals surface area (Å²) in [5.41, 5.74) is -0.293. The molecule has 2 unspecified atom stereocenters. The zero-order chi connectivity index (χ0) is 34.8. The lowest BCUT2D eigenvalue weighted by molar-refractivity contribution is -0.571. The smallest absolute Gasteiger partial charge is 0.201 e. The predicted molar refractivity (Wildman–Crippen MR) is 178 cm³/mol. The molecule has 2 saturated carbocycles. The van der Waals surface area contributed by atoms with Crippen molar-refractivity contribution in [1.29, 1.82) is 0 Å². The van der Waals surface area contributed by atoms with Crippen molar-refractivity contribution in [2.24, 2.45) is 47.3 Å². The van der Waals surface area contributed by atoms with Gasteiger partial charge in [0.1, 0.15) is 0 Å². The van der Waals surface area contributed by atoms with Gasteiger partial charge in [-0.25, -0.2) is 19.6 Å². The molecule has 0 aromatic heterocycles. The van der Waals surface area contributed by atoms with Crippen molar-refractivity contribution in [3.63, 3.8) is 0 Å². The molecule has 8 heterocycles. The highest BCUT2D eigenvalue weighted by atomic mass is 17.3. The van der Waals surface area contributed by atoms with E-state index in [1.165, 1.54) is 0 Å². The van der Waals surface area contributed by atoms with Gasteiger partial charge in [0.2, 0.25) is 11.6 Å². The van der Waals surface area contributed by atoms with Crippen LogP contribution in [0.4, 0.5) is 0 Å². The Morgan fingerprint density at radius 1 is 0.620 bits per heavy atom. The zero-order valence-electron chi connectivity index (χ0n) is 30.4. The van der Waals surface area contributed by atoms with Gasteiger partial charge in [-0.15, -0.1) is 0 Å². The molecule has 0 N–H and O–H groups in total. The van der Waals surface area contributed by atoms with Crippen LogP contribution in [-0.4, -0.2) is 59.1 Å². The summed E-state index contributed by atoms with van der Waals surface area (Å²) in [7, 11) is 0. The number of hydrogen-bond donors (Lipinski definition) is 0. The minimum atomic E-state index is -0.862. The van der Waals surface area contributed by atoms with Gasteiger partial charge < -0.3 is 18.9 Å². The van der Waals surface area contributed by atoms with Crippen molar-refractivity contribution in [3.05, 3.63) is 35.4 Å². The Bertz CT molecular complexity index is 1430. The number of carbonyl (C=O) groups is 2. The van der Waals surface area contributed by atoms with Crippen LogP contribution in [0.5, 0.6) is 0 Å². The van der Waals surface area contributed by atoms with Crippen molar-refractivity contribution >= 4 is 11.6 Å². The Hall–Kier alpha value is -1.76. The number of ether oxygens (including phenoxy) is 4. The molecule has 0 amide bonds. The van der Waals surface area contributed by atoms with Crippen molar-refractivity contribution in [1.82, 2.24) is 0 Å². The Morgan fingerprint density at radius 3 is 1.50 bits per heavy atom. The number of fused-ring (bicyclic) bond motifs is 4. The number of benzene rings is 1. The fourth-order valence-corrected chi connectivity index (χ4v) is 11.9. The Kier molecular flexibility index (Phi) is 8.08. The van der Waals surface area contributed by atoms with E-state index in [1.54, 1.807) is 24.3 Å². The van der Waals surface area contributed by atoms with E-state index in [1.807, 2.05) is 13.8 Å². The first-order valence-corrected chi connectivity index (χ1v) is 19.4. The van der Waals surface area contributed by atoms with Crippen molar-refractivity contribution in [2.45, 2.75) is 153 Å². The Morgan fingerprint density at radius 2 is 1.06 bits per heavy atom. The molecule has 8 aliphatic heterocycles. The summed E-state index contributed by atoms with van der Waals surface area (Å²) < 4.78 is 26.4. The summed E-state index contributed by atoms with van der Waals surface area (Å²) in [6.45, 7) is 12.8.